The Morgan fingerprint density at radius 2 is 1.59 bits per heavy atom. The Bertz CT molecular complexity index is 1010. The Morgan fingerprint density at radius 3 is 2.26 bits per heavy atom. The van der Waals surface area contributed by atoms with Crippen molar-refractivity contribution in [3.05, 3.63) is 76.5 Å². The molecule has 3 rings (SSSR count). The number of anilines is 1. The minimum Gasteiger partial charge on any atom is -0.321 e. The van der Waals surface area contributed by atoms with Gasteiger partial charge in [-0.25, -0.2) is 13.1 Å². The summed E-state index contributed by atoms with van der Waals surface area (Å²) >= 11 is 1.36. The van der Waals surface area contributed by atoms with Crippen LogP contribution in [0.5, 0.6) is 0 Å². The predicted molar refractivity (Wildman–Crippen MR) is 111 cm³/mol. The van der Waals surface area contributed by atoms with Gasteiger partial charge in [0.15, 0.2) is 0 Å². The van der Waals surface area contributed by atoms with Gasteiger partial charge in [0.05, 0.1) is 11.1 Å². The standard InChI is InChI=1S/C20H20N2O3S2/c1-27(24,25)21-14-13-18-11-12-19(26-18)20(23)22-17-9-7-16(8-10-17)15-5-3-2-4-6-15/h2-12,21H,13-14H2,1H3,(H,22,23). The number of hydrogen-bond donors (Lipinski definition) is 2. The summed E-state index contributed by atoms with van der Waals surface area (Å²) in [4.78, 5) is 14.0. The van der Waals surface area contributed by atoms with E-state index in [-0.39, 0.29) is 5.91 Å². The van der Waals surface area contributed by atoms with Gasteiger partial charge in [-0.3, -0.25) is 4.79 Å². The van der Waals surface area contributed by atoms with Crippen molar-refractivity contribution in [3.8, 4) is 11.1 Å². The van der Waals surface area contributed by atoms with E-state index in [9.17, 15) is 13.2 Å². The molecule has 27 heavy (non-hydrogen) atoms. The minimum absolute atomic E-state index is 0.171. The molecule has 1 heterocycles. The van der Waals surface area contributed by atoms with Crippen molar-refractivity contribution in [1.29, 1.82) is 0 Å². The van der Waals surface area contributed by atoms with Crippen molar-refractivity contribution in [2.24, 2.45) is 0 Å². The highest BCUT2D eigenvalue weighted by Crippen LogP contribution is 2.22. The van der Waals surface area contributed by atoms with Gasteiger partial charge in [-0.2, -0.15) is 0 Å². The zero-order chi connectivity index (χ0) is 19.3. The smallest absolute Gasteiger partial charge is 0.265 e. The van der Waals surface area contributed by atoms with Gasteiger partial charge >= 0.3 is 0 Å². The Hall–Kier alpha value is -2.48. The number of hydrogen-bond acceptors (Lipinski definition) is 4. The fourth-order valence-electron chi connectivity index (χ4n) is 2.56. The molecule has 0 aliphatic rings. The summed E-state index contributed by atoms with van der Waals surface area (Å²) in [5.74, 6) is -0.171. The molecule has 0 aliphatic heterocycles. The maximum atomic E-state index is 12.4. The van der Waals surface area contributed by atoms with Gasteiger partial charge < -0.3 is 5.32 Å². The van der Waals surface area contributed by atoms with Crippen molar-refractivity contribution >= 4 is 33.0 Å². The highest BCUT2D eigenvalue weighted by atomic mass is 32.2. The SMILES string of the molecule is CS(=O)(=O)NCCc1ccc(C(=O)Nc2ccc(-c3ccccc3)cc2)s1. The van der Waals surface area contributed by atoms with E-state index in [0.717, 1.165) is 27.9 Å². The monoisotopic (exact) mass is 400 g/mol. The van der Waals surface area contributed by atoms with Crippen LogP contribution in [0.2, 0.25) is 0 Å². The first-order valence-corrected chi connectivity index (χ1v) is 11.1. The largest absolute Gasteiger partial charge is 0.321 e. The summed E-state index contributed by atoms with van der Waals surface area (Å²) in [5, 5.41) is 2.89. The van der Waals surface area contributed by atoms with Crippen LogP contribution in [0.4, 0.5) is 5.69 Å². The summed E-state index contributed by atoms with van der Waals surface area (Å²) in [6.07, 6.45) is 1.68. The Labute approximate surface area is 163 Å². The van der Waals surface area contributed by atoms with E-state index in [1.165, 1.54) is 11.3 Å². The number of carbonyl (C=O) groups is 1. The summed E-state index contributed by atoms with van der Waals surface area (Å²) in [5.41, 5.74) is 2.94. The van der Waals surface area contributed by atoms with Crippen LogP contribution in [-0.2, 0) is 16.4 Å². The van der Waals surface area contributed by atoms with Gasteiger partial charge in [-0.1, -0.05) is 42.5 Å². The van der Waals surface area contributed by atoms with Gasteiger partial charge in [0.25, 0.3) is 5.91 Å². The zero-order valence-corrected chi connectivity index (χ0v) is 16.4. The van der Waals surface area contributed by atoms with Gasteiger partial charge in [0.1, 0.15) is 0 Å². The van der Waals surface area contributed by atoms with Crippen molar-refractivity contribution in [3.63, 3.8) is 0 Å². The Kier molecular flexibility index (Phi) is 6.05. The van der Waals surface area contributed by atoms with Crippen LogP contribution in [0.15, 0.2) is 66.7 Å². The second kappa shape index (κ2) is 8.47. The lowest BCUT2D eigenvalue weighted by atomic mass is 10.1. The quantitative estimate of drug-likeness (QED) is 0.634. The Balaban J connectivity index is 1.59. The molecular formula is C20H20N2O3S2. The van der Waals surface area contributed by atoms with E-state index in [2.05, 4.69) is 10.0 Å². The van der Waals surface area contributed by atoms with Crippen LogP contribution >= 0.6 is 11.3 Å². The van der Waals surface area contributed by atoms with E-state index in [1.54, 1.807) is 6.07 Å². The van der Waals surface area contributed by atoms with E-state index in [1.807, 2.05) is 60.7 Å². The van der Waals surface area contributed by atoms with Crippen molar-refractivity contribution in [2.45, 2.75) is 6.42 Å². The maximum Gasteiger partial charge on any atom is 0.265 e. The first-order chi connectivity index (χ1) is 12.9. The molecule has 0 saturated heterocycles. The lowest BCUT2D eigenvalue weighted by Crippen LogP contribution is -2.24. The predicted octanol–water partition coefficient (Wildman–Crippen LogP) is 3.76. The van der Waals surface area contributed by atoms with E-state index < -0.39 is 10.0 Å². The third-order valence-corrected chi connectivity index (χ3v) is 5.74. The number of sulfonamides is 1. The molecule has 2 aromatic carbocycles. The number of nitrogens with one attached hydrogen (secondary N) is 2. The second-order valence-electron chi connectivity index (χ2n) is 6.08. The van der Waals surface area contributed by atoms with Crippen molar-refractivity contribution in [1.82, 2.24) is 4.72 Å². The van der Waals surface area contributed by atoms with Gasteiger partial charge in [0.2, 0.25) is 10.0 Å². The molecular weight excluding hydrogens is 380 g/mol. The third-order valence-electron chi connectivity index (χ3n) is 3.87. The molecule has 0 atom stereocenters. The third kappa shape index (κ3) is 5.75. The molecule has 3 aromatic rings. The van der Waals surface area contributed by atoms with Crippen LogP contribution in [0, 0.1) is 0 Å². The number of carbonyl (C=O) groups excluding carboxylic acids is 1. The number of benzene rings is 2. The summed E-state index contributed by atoms with van der Waals surface area (Å²) in [6, 6.07) is 21.4. The molecule has 1 amide bonds. The fraction of sp³-hybridized carbons (Fsp3) is 0.150. The fourth-order valence-corrected chi connectivity index (χ4v) is 3.94. The first-order valence-electron chi connectivity index (χ1n) is 8.41. The average molecular weight is 401 g/mol. The molecule has 0 spiro atoms. The molecule has 7 heteroatoms. The highest BCUT2D eigenvalue weighted by molar-refractivity contribution is 7.88. The van der Waals surface area contributed by atoms with Crippen LogP contribution < -0.4 is 10.0 Å². The molecule has 0 fully saturated rings. The second-order valence-corrected chi connectivity index (χ2v) is 9.08. The lowest BCUT2D eigenvalue weighted by Gasteiger charge is -2.06. The molecule has 0 bridgehead atoms. The van der Waals surface area contributed by atoms with Gasteiger partial charge in [-0.05, 0) is 41.8 Å². The highest BCUT2D eigenvalue weighted by Gasteiger charge is 2.10. The summed E-state index contributed by atoms with van der Waals surface area (Å²) in [6.45, 7) is 0.321. The first kappa shape index (κ1) is 19.3. The molecule has 1 aromatic heterocycles. The van der Waals surface area contributed by atoms with Crippen LogP contribution in [-0.4, -0.2) is 27.1 Å². The van der Waals surface area contributed by atoms with Crippen LogP contribution in [0.3, 0.4) is 0 Å². The topological polar surface area (TPSA) is 75.3 Å². The molecule has 5 nitrogen and oxygen atoms in total. The molecule has 2 N–H and O–H groups in total. The minimum atomic E-state index is -3.19. The zero-order valence-electron chi connectivity index (χ0n) is 14.8. The average Bonchev–Trinajstić information content (AvgIpc) is 3.11. The van der Waals surface area contributed by atoms with Crippen LogP contribution in [0.25, 0.3) is 11.1 Å². The van der Waals surface area contributed by atoms with Crippen molar-refractivity contribution < 1.29 is 13.2 Å². The number of amides is 1. The van der Waals surface area contributed by atoms with E-state index in [4.69, 9.17) is 0 Å². The summed E-state index contributed by atoms with van der Waals surface area (Å²) in [7, 11) is -3.19. The molecule has 0 unspecified atom stereocenters. The van der Waals surface area contributed by atoms with Crippen LogP contribution in [0.1, 0.15) is 14.5 Å². The molecule has 0 radical (unpaired) electrons. The molecule has 0 aliphatic carbocycles. The molecule has 0 saturated carbocycles. The van der Waals surface area contributed by atoms with E-state index in [0.29, 0.717) is 17.8 Å². The van der Waals surface area contributed by atoms with Gasteiger partial charge in [0, 0.05) is 17.1 Å². The maximum absolute atomic E-state index is 12.4. The normalized spacial score (nSPS) is 11.3. The molecule has 140 valence electrons. The number of thiophene rings is 1. The summed E-state index contributed by atoms with van der Waals surface area (Å²) < 4.78 is 24.6. The van der Waals surface area contributed by atoms with Gasteiger partial charge in [-0.15, -0.1) is 11.3 Å². The Morgan fingerprint density at radius 1 is 0.926 bits per heavy atom. The lowest BCUT2D eigenvalue weighted by molar-refractivity contribution is 0.103. The van der Waals surface area contributed by atoms with E-state index >= 15 is 0 Å². The number of rotatable bonds is 7. The van der Waals surface area contributed by atoms with Crippen molar-refractivity contribution in [2.75, 3.05) is 18.1 Å².